The van der Waals surface area contributed by atoms with Crippen LogP contribution in [0.1, 0.15) is 103 Å². The van der Waals surface area contributed by atoms with Crippen LogP contribution in [0.4, 0.5) is 0 Å². The van der Waals surface area contributed by atoms with E-state index in [9.17, 15) is 0 Å². The van der Waals surface area contributed by atoms with Crippen LogP contribution in [0.5, 0.6) is 0 Å². The van der Waals surface area contributed by atoms with Gasteiger partial charge in [0, 0.05) is 6.54 Å². The normalized spacial score (nSPS) is 10.8. The third-order valence-corrected chi connectivity index (χ3v) is 4.31. The second kappa shape index (κ2) is 16.6. The number of hydrogen-bond donors (Lipinski definition) is 3. The Bertz CT molecular complexity index is 243. The van der Waals surface area contributed by atoms with Crippen molar-refractivity contribution in [2.24, 2.45) is 11.6 Å². The predicted molar refractivity (Wildman–Crippen MR) is 97.7 cm³/mol. The van der Waals surface area contributed by atoms with Crippen LogP contribution in [0, 0.1) is 5.41 Å². The van der Waals surface area contributed by atoms with Gasteiger partial charge in [-0.1, -0.05) is 96.8 Å². The summed E-state index contributed by atoms with van der Waals surface area (Å²) in [6, 6.07) is 0. The summed E-state index contributed by atoms with van der Waals surface area (Å²) in [7, 11) is 0. The lowest BCUT2D eigenvalue weighted by molar-refractivity contribution is 0.409. The van der Waals surface area contributed by atoms with Crippen LogP contribution in [0.2, 0.25) is 0 Å². The molecule has 0 aromatic rings. The van der Waals surface area contributed by atoms with E-state index in [4.69, 9.17) is 17.0 Å². The molecule has 0 aromatic heterocycles. The van der Waals surface area contributed by atoms with Gasteiger partial charge < -0.3 is 5.73 Å². The zero-order valence-electron chi connectivity index (χ0n) is 14.9. The van der Waals surface area contributed by atoms with Crippen molar-refractivity contribution in [1.82, 2.24) is 5.01 Å². The molecule has 0 bridgehead atoms. The molecule has 0 aliphatic rings. The zero-order chi connectivity index (χ0) is 16.5. The average Bonchev–Trinajstić information content (AvgIpc) is 2.50. The molecule has 0 aliphatic carbocycles. The van der Waals surface area contributed by atoms with Crippen molar-refractivity contribution in [2.45, 2.75) is 103 Å². The molecule has 5 N–H and O–H groups in total. The monoisotopic (exact) mass is 312 g/mol. The number of hydrogen-bond acceptors (Lipinski definition) is 2. The van der Waals surface area contributed by atoms with Crippen LogP contribution in [-0.2, 0) is 0 Å². The van der Waals surface area contributed by atoms with Crippen LogP contribution < -0.4 is 11.6 Å². The van der Waals surface area contributed by atoms with Crippen LogP contribution in [-0.4, -0.2) is 17.5 Å². The van der Waals surface area contributed by atoms with Crippen molar-refractivity contribution in [3.05, 3.63) is 0 Å². The minimum absolute atomic E-state index is 0.0367. The molecule has 0 heterocycles. The minimum atomic E-state index is -0.0367. The minimum Gasteiger partial charge on any atom is -0.369 e. The molecular weight excluding hydrogens is 272 g/mol. The second-order valence-electron chi connectivity index (χ2n) is 6.53. The highest BCUT2D eigenvalue weighted by molar-refractivity contribution is 5.73. The number of nitrogens with one attached hydrogen (secondary N) is 1. The van der Waals surface area contributed by atoms with Crippen molar-refractivity contribution in [3.63, 3.8) is 0 Å². The summed E-state index contributed by atoms with van der Waals surface area (Å²) < 4.78 is 0. The maximum Gasteiger partial charge on any atom is 0.202 e. The van der Waals surface area contributed by atoms with Gasteiger partial charge >= 0.3 is 0 Å². The van der Waals surface area contributed by atoms with E-state index in [-0.39, 0.29) is 5.96 Å². The second-order valence-corrected chi connectivity index (χ2v) is 6.53. The van der Waals surface area contributed by atoms with Gasteiger partial charge in [-0.3, -0.25) is 10.4 Å². The van der Waals surface area contributed by atoms with Gasteiger partial charge in [-0.25, -0.2) is 5.84 Å². The summed E-state index contributed by atoms with van der Waals surface area (Å²) in [5, 5.41) is 8.48. The Morgan fingerprint density at radius 3 is 1.32 bits per heavy atom. The van der Waals surface area contributed by atoms with Crippen LogP contribution in [0.3, 0.4) is 0 Å². The van der Waals surface area contributed by atoms with Crippen LogP contribution in [0.25, 0.3) is 0 Å². The maximum absolute atomic E-state index is 7.16. The Morgan fingerprint density at radius 1 is 0.682 bits per heavy atom. The summed E-state index contributed by atoms with van der Waals surface area (Å²) in [5.41, 5.74) is 5.28. The van der Waals surface area contributed by atoms with E-state index >= 15 is 0 Å². The predicted octanol–water partition coefficient (Wildman–Crippen LogP) is 4.93. The standard InChI is InChI=1S/C18H40N4/c1-2-3-4-5-6-7-8-9-10-11-12-13-14-15-16-17-22(21)18(19)20/h2-17,21H2,1H3,(H3,19,20). The van der Waals surface area contributed by atoms with Crippen molar-refractivity contribution in [2.75, 3.05) is 6.54 Å². The third-order valence-electron chi connectivity index (χ3n) is 4.31. The van der Waals surface area contributed by atoms with E-state index in [1.165, 1.54) is 94.9 Å². The van der Waals surface area contributed by atoms with E-state index in [1.54, 1.807) is 0 Å². The number of guanidine groups is 1. The largest absolute Gasteiger partial charge is 0.369 e. The molecule has 132 valence electrons. The van der Waals surface area contributed by atoms with E-state index in [1.807, 2.05) is 0 Å². The fourth-order valence-corrected chi connectivity index (χ4v) is 2.77. The highest BCUT2D eigenvalue weighted by atomic mass is 15.4. The zero-order valence-corrected chi connectivity index (χ0v) is 14.9. The van der Waals surface area contributed by atoms with Crippen molar-refractivity contribution < 1.29 is 0 Å². The first-order valence-corrected chi connectivity index (χ1v) is 9.54. The van der Waals surface area contributed by atoms with Gasteiger partial charge in [-0.05, 0) is 6.42 Å². The molecule has 0 spiro atoms. The van der Waals surface area contributed by atoms with Gasteiger partial charge in [0.25, 0.3) is 0 Å². The quantitative estimate of drug-likeness (QED) is 0.124. The maximum atomic E-state index is 7.16. The summed E-state index contributed by atoms with van der Waals surface area (Å²) >= 11 is 0. The van der Waals surface area contributed by atoms with E-state index in [2.05, 4.69) is 6.92 Å². The highest BCUT2D eigenvalue weighted by Gasteiger charge is 1.99. The molecule has 0 fully saturated rings. The van der Waals surface area contributed by atoms with E-state index in [0.29, 0.717) is 6.54 Å². The third kappa shape index (κ3) is 15.6. The molecule has 0 aliphatic heterocycles. The van der Waals surface area contributed by atoms with Crippen molar-refractivity contribution in [1.29, 1.82) is 5.41 Å². The lowest BCUT2D eigenvalue weighted by atomic mass is 10.0. The molecule has 0 unspecified atom stereocenters. The lowest BCUT2D eigenvalue weighted by Gasteiger charge is -2.15. The Morgan fingerprint density at radius 2 is 1.00 bits per heavy atom. The first-order valence-electron chi connectivity index (χ1n) is 9.54. The number of hydrazine groups is 1. The topological polar surface area (TPSA) is 79.1 Å². The molecule has 0 atom stereocenters. The number of nitrogens with zero attached hydrogens (tertiary/aromatic N) is 1. The Labute approximate surface area is 138 Å². The van der Waals surface area contributed by atoms with Gasteiger partial charge in [-0.2, -0.15) is 0 Å². The van der Waals surface area contributed by atoms with E-state index in [0.717, 1.165) is 6.42 Å². The van der Waals surface area contributed by atoms with Gasteiger partial charge in [-0.15, -0.1) is 0 Å². The molecule has 4 heteroatoms. The molecule has 0 saturated carbocycles. The smallest absolute Gasteiger partial charge is 0.202 e. The fraction of sp³-hybridized carbons (Fsp3) is 0.944. The average molecular weight is 313 g/mol. The number of rotatable bonds is 16. The Kier molecular flexibility index (Phi) is 16.0. The Balaban J connectivity index is 3.04. The number of unbranched alkanes of at least 4 members (excludes halogenated alkanes) is 14. The molecule has 4 nitrogen and oxygen atoms in total. The van der Waals surface area contributed by atoms with Gasteiger partial charge in [0.15, 0.2) is 0 Å². The summed E-state index contributed by atoms with van der Waals surface area (Å²) in [6.07, 6.45) is 20.4. The molecule has 22 heavy (non-hydrogen) atoms. The summed E-state index contributed by atoms with van der Waals surface area (Å²) in [6.45, 7) is 2.98. The first-order chi connectivity index (χ1) is 10.7. The molecule has 0 amide bonds. The lowest BCUT2D eigenvalue weighted by Crippen LogP contribution is -2.42. The van der Waals surface area contributed by atoms with Crippen molar-refractivity contribution >= 4 is 5.96 Å². The van der Waals surface area contributed by atoms with Crippen molar-refractivity contribution in [3.8, 4) is 0 Å². The van der Waals surface area contributed by atoms with Gasteiger partial charge in [0.2, 0.25) is 5.96 Å². The first kappa shape index (κ1) is 21.2. The van der Waals surface area contributed by atoms with Gasteiger partial charge in [0.05, 0.1) is 0 Å². The fourth-order valence-electron chi connectivity index (χ4n) is 2.77. The highest BCUT2D eigenvalue weighted by Crippen LogP contribution is 2.13. The van der Waals surface area contributed by atoms with Crippen LogP contribution in [0.15, 0.2) is 0 Å². The van der Waals surface area contributed by atoms with E-state index < -0.39 is 0 Å². The SMILES string of the molecule is CCCCCCCCCCCCCCCCCN(N)C(=N)N. The number of nitrogens with two attached hydrogens (primary N) is 2. The molecule has 0 aromatic carbocycles. The van der Waals surface area contributed by atoms with Crippen LogP contribution >= 0.6 is 0 Å². The Hall–Kier alpha value is -0.770. The molecule has 0 rings (SSSR count). The molecular formula is C18H40N4. The summed E-state index contributed by atoms with van der Waals surface area (Å²) in [5.74, 6) is 5.52. The molecule has 0 radical (unpaired) electrons. The van der Waals surface area contributed by atoms with Gasteiger partial charge in [0.1, 0.15) is 0 Å². The summed E-state index contributed by atoms with van der Waals surface area (Å²) in [4.78, 5) is 0. The molecule has 0 saturated heterocycles.